The first-order valence-electron chi connectivity index (χ1n) is 7.89. The Bertz CT molecular complexity index is 478. The summed E-state index contributed by atoms with van der Waals surface area (Å²) in [6, 6.07) is 6.08. The molecule has 0 aliphatic carbocycles. The van der Waals surface area contributed by atoms with Gasteiger partial charge < -0.3 is 10.6 Å². The first kappa shape index (κ1) is 16.0. The summed E-state index contributed by atoms with van der Waals surface area (Å²) in [6.45, 7) is 3.32. The zero-order valence-corrected chi connectivity index (χ0v) is 12.7. The molecule has 2 unspecified atom stereocenters. The van der Waals surface area contributed by atoms with Crippen molar-refractivity contribution in [3.05, 3.63) is 35.6 Å². The molecule has 1 saturated heterocycles. The van der Waals surface area contributed by atoms with Gasteiger partial charge in [-0.1, -0.05) is 38.0 Å². The van der Waals surface area contributed by atoms with E-state index in [1.165, 1.54) is 12.5 Å². The van der Waals surface area contributed by atoms with Crippen molar-refractivity contribution in [3.63, 3.8) is 0 Å². The van der Waals surface area contributed by atoms with Crippen LogP contribution in [0.5, 0.6) is 0 Å². The molecule has 2 atom stereocenters. The maximum atomic E-state index is 13.8. The minimum Gasteiger partial charge on any atom is -0.341 e. The van der Waals surface area contributed by atoms with E-state index in [2.05, 4.69) is 6.92 Å². The number of carbonyl (C=O) groups is 1. The summed E-state index contributed by atoms with van der Waals surface area (Å²) in [4.78, 5) is 14.0. The van der Waals surface area contributed by atoms with Crippen molar-refractivity contribution in [2.24, 2.45) is 11.7 Å². The predicted octanol–water partition coefficient (Wildman–Crippen LogP) is 3.25. The van der Waals surface area contributed by atoms with E-state index in [0.29, 0.717) is 24.4 Å². The number of likely N-dealkylation sites (tertiary alicyclic amines) is 1. The van der Waals surface area contributed by atoms with Crippen molar-refractivity contribution >= 4 is 5.91 Å². The van der Waals surface area contributed by atoms with Gasteiger partial charge >= 0.3 is 0 Å². The van der Waals surface area contributed by atoms with Crippen LogP contribution in [0, 0.1) is 11.7 Å². The van der Waals surface area contributed by atoms with E-state index in [1.54, 1.807) is 18.2 Å². The first-order valence-corrected chi connectivity index (χ1v) is 7.89. The van der Waals surface area contributed by atoms with Gasteiger partial charge in [-0.05, 0) is 24.8 Å². The Labute approximate surface area is 126 Å². The summed E-state index contributed by atoms with van der Waals surface area (Å²) in [6.07, 6.45) is 4.93. The summed E-state index contributed by atoms with van der Waals surface area (Å²) in [5, 5.41) is 0. The predicted molar refractivity (Wildman–Crippen MR) is 82.2 cm³/mol. The summed E-state index contributed by atoms with van der Waals surface area (Å²) >= 11 is 0. The Morgan fingerprint density at radius 2 is 2.14 bits per heavy atom. The summed E-state index contributed by atoms with van der Waals surface area (Å²) in [5.41, 5.74) is 6.59. The van der Waals surface area contributed by atoms with Crippen LogP contribution in [-0.4, -0.2) is 23.9 Å². The lowest BCUT2D eigenvalue weighted by Gasteiger charge is -2.25. The van der Waals surface area contributed by atoms with Gasteiger partial charge in [-0.2, -0.15) is 0 Å². The lowest BCUT2D eigenvalue weighted by Crippen LogP contribution is -2.37. The van der Waals surface area contributed by atoms with Crippen LogP contribution >= 0.6 is 0 Å². The Kier molecular flexibility index (Phi) is 5.74. The molecule has 0 radical (unpaired) electrons. The Morgan fingerprint density at radius 3 is 2.86 bits per heavy atom. The molecule has 21 heavy (non-hydrogen) atoms. The van der Waals surface area contributed by atoms with E-state index in [9.17, 15) is 9.18 Å². The smallest absolute Gasteiger partial charge is 0.222 e. The average molecular weight is 292 g/mol. The van der Waals surface area contributed by atoms with E-state index < -0.39 is 6.04 Å². The molecule has 3 nitrogen and oxygen atoms in total. The molecule has 1 aliphatic heterocycles. The van der Waals surface area contributed by atoms with Crippen LogP contribution in [-0.2, 0) is 4.79 Å². The number of hydrogen-bond donors (Lipinski definition) is 1. The van der Waals surface area contributed by atoms with Gasteiger partial charge in [0.15, 0.2) is 0 Å². The van der Waals surface area contributed by atoms with Gasteiger partial charge in [0, 0.05) is 25.1 Å². The molecule has 2 N–H and O–H groups in total. The van der Waals surface area contributed by atoms with Gasteiger partial charge in [0.2, 0.25) is 5.91 Å². The van der Waals surface area contributed by atoms with Crippen LogP contribution in [0.1, 0.15) is 50.6 Å². The van der Waals surface area contributed by atoms with Crippen molar-refractivity contribution in [2.45, 2.75) is 45.1 Å². The molecule has 1 heterocycles. The Hall–Kier alpha value is -1.42. The zero-order chi connectivity index (χ0) is 15.2. The van der Waals surface area contributed by atoms with Crippen molar-refractivity contribution < 1.29 is 9.18 Å². The fourth-order valence-corrected chi connectivity index (χ4v) is 3.09. The van der Waals surface area contributed by atoms with Gasteiger partial charge in [-0.25, -0.2) is 4.39 Å². The molecule has 116 valence electrons. The normalized spacial score (nSPS) is 21.2. The molecule has 0 bridgehead atoms. The topological polar surface area (TPSA) is 46.3 Å². The number of benzene rings is 1. The number of halogens is 1. The average Bonchev–Trinajstić information content (AvgIpc) is 2.64. The molecular formula is C17H25FN2O. The molecule has 0 saturated carbocycles. The monoisotopic (exact) mass is 292 g/mol. The van der Waals surface area contributed by atoms with E-state index in [4.69, 9.17) is 5.73 Å². The highest BCUT2D eigenvalue weighted by atomic mass is 19.1. The molecular weight excluding hydrogens is 267 g/mol. The SMILES string of the molecule is CCCC1CCC(=O)N(CC(N)c2ccccc2F)CC1. The molecule has 1 aliphatic rings. The van der Waals surface area contributed by atoms with Crippen LogP contribution in [0.4, 0.5) is 4.39 Å². The van der Waals surface area contributed by atoms with Crippen LogP contribution in [0.3, 0.4) is 0 Å². The first-order chi connectivity index (χ1) is 10.1. The van der Waals surface area contributed by atoms with Crippen LogP contribution in [0.25, 0.3) is 0 Å². The lowest BCUT2D eigenvalue weighted by molar-refractivity contribution is -0.130. The van der Waals surface area contributed by atoms with E-state index >= 15 is 0 Å². The minimum absolute atomic E-state index is 0.153. The summed E-state index contributed by atoms with van der Waals surface area (Å²) < 4.78 is 13.8. The van der Waals surface area contributed by atoms with E-state index in [0.717, 1.165) is 25.8 Å². The van der Waals surface area contributed by atoms with Crippen molar-refractivity contribution in [3.8, 4) is 0 Å². The third-order valence-corrected chi connectivity index (χ3v) is 4.35. The minimum atomic E-state index is -0.460. The summed E-state index contributed by atoms with van der Waals surface area (Å²) in [5.74, 6) is 0.491. The van der Waals surface area contributed by atoms with Gasteiger partial charge in [-0.15, -0.1) is 0 Å². The molecule has 1 aromatic carbocycles. The lowest BCUT2D eigenvalue weighted by atomic mass is 9.96. The highest BCUT2D eigenvalue weighted by molar-refractivity contribution is 5.76. The van der Waals surface area contributed by atoms with Crippen molar-refractivity contribution in [1.82, 2.24) is 4.90 Å². The second-order valence-corrected chi connectivity index (χ2v) is 5.95. The Balaban J connectivity index is 1.98. The molecule has 0 aromatic heterocycles. The molecule has 0 spiro atoms. The second-order valence-electron chi connectivity index (χ2n) is 5.95. The zero-order valence-electron chi connectivity index (χ0n) is 12.7. The second kappa shape index (κ2) is 7.55. The number of nitrogens with zero attached hydrogens (tertiary/aromatic N) is 1. The molecule has 4 heteroatoms. The van der Waals surface area contributed by atoms with Gasteiger partial charge in [0.05, 0.1) is 6.04 Å². The number of nitrogens with two attached hydrogens (primary N) is 1. The van der Waals surface area contributed by atoms with Gasteiger partial charge in [-0.3, -0.25) is 4.79 Å². The molecule has 1 amide bonds. The van der Waals surface area contributed by atoms with Crippen LogP contribution < -0.4 is 5.73 Å². The van der Waals surface area contributed by atoms with Crippen LogP contribution in [0.15, 0.2) is 24.3 Å². The van der Waals surface area contributed by atoms with Gasteiger partial charge in [0.25, 0.3) is 0 Å². The standard InChI is InChI=1S/C17H25FN2O/c1-2-5-13-8-9-17(21)20(11-10-13)12-16(19)14-6-3-4-7-15(14)18/h3-4,6-7,13,16H,2,5,8-12,19H2,1H3. The molecule has 2 rings (SSSR count). The van der Waals surface area contributed by atoms with Crippen molar-refractivity contribution in [1.29, 1.82) is 0 Å². The number of hydrogen-bond acceptors (Lipinski definition) is 2. The highest BCUT2D eigenvalue weighted by Crippen LogP contribution is 2.24. The number of rotatable bonds is 5. The maximum absolute atomic E-state index is 13.8. The van der Waals surface area contributed by atoms with Crippen LogP contribution in [0.2, 0.25) is 0 Å². The maximum Gasteiger partial charge on any atom is 0.222 e. The fraction of sp³-hybridized carbons (Fsp3) is 0.588. The number of carbonyl (C=O) groups excluding carboxylic acids is 1. The Morgan fingerprint density at radius 1 is 1.38 bits per heavy atom. The van der Waals surface area contributed by atoms with Gasteiger partial charge in [0.1, 0.15) is 5.82 Å². The van der Waals surface area contributed by atoms with E-state index in [-0.39, 0.29) is 11.7 Å². The molecule has 1 fully saturated rings. The summed E-state index contributed by atoms with van der Waals surface area (Å²) in [7, 11) is 0. The van der Waals surface area contributed by atoms with Crippen molar-refractivity contribution in [2.75, 3.05) is 13.1 Å². The molecule has 1 aromatic rings. The van der Waals surface area contributed by atoms with E-state index in [1.807, 2.05) is 4.90 Å². The third kappa shape index (κ3) is 4.27. The quantitative estimate of drug-likeness (QED) is 0.905. The highest BCUT2D eigenvalue weighted by Gasteiger charge is 2.24. The number of amides is 1. The largest absolute Gasteiger partial charge is 0.341 e. The third-order valence-electron chi connectivity index (χ3n) is 4.35. The fourth-order valence-electron chi connectivity index (χ4n) is 3.09.